The van der Waals surface area contributed by atoms with E-state index in [1.807, 2.05) is 23.9 Å². The van der Waals surface area contributed by atoms with E-state index >= 15 is 0 Å². The second-order valence-electron chi connectivity index (χ2n) is 9.75. The predicted molar refractivity (Wildman–Crippen MR) is 104 cm³/mol. The number of carbonyl (C=O) groups excluding carboxylic acids is 1. The van der Waals surface area contributed by atoms with Crippen LogP contribution in [-0.4, -0.2) is 17.1 Å². The summed E-state index contributed by atoms with van der Waals surface area (Å²) in [5.41, 5.74) is 2.67. The zero-order valence-electron chi connectivity index (χ0n) is 15.9. The van der Waals surface area contributed by atoms with E-state index < -0.39 is 0 Å². The van der Waals surface area contributed by atoms with Crippen molar-refractivity contribution in [3.05, 3.63) is 23.3 Å². The summed E-state index contributed by atoms with van der Waals surface area (Å²) in [7, 11) is 0. The lowest BCUT2D eigenvalue weighted by Crippen LogP contribution is -2.58. The Morgan fingerprint density at radius 2 is 1.88 bits per heavy atom. The molecule has 2 saturated carbocycles. The van der Waals surface area contributed by atoms with Gasteiger partial charge in [-0.1, -0.05) is 34.1 Å². The van der Waals surface area contributed by atoms with E-state index in [0.29, 0.717) is 22.3 Å². The van der Waals surface area contributed by atoms with Crippen molar-refractivity contribution in [1.82, 2.24) is 0 Å². The lowest BCUT2D eigenvalue weighted by atomic mass is 9.43. The fourth-order valence-corrected chi connectivity index (χ4v) is 8.50. The molecule has 1 heterocycles. The average Bonchev–Trinajstić information content (AvgIpc) is 2.53. The largest absolute Gasteiger partial charge is 0.507 e. The number of aldehydes is 1. The number of benzene rings is 1. The number of thioether (sulfide) groups is 1. The van der Waals surface area contributed by atoms with Gasteiger partial charge in [-0.3, -0.25) is 4.79 Å². The zero-order valence-corrected chi connectivity index (χ0v) is 16.7. The normalized spacial score (nSPS) is 39.0. The van der Waals surface area contributed by atoms with Gasteiger partial charge >= 0.3 is 0 Å². The van der Waals surface area contributed by atoms with E-state index in [9.17, 15) is 9.90 Å². The Kier molecular flexibility index (Phi) is 3.85. The molecule has 3 heteroatoms. The second kappa shape index (κ2) is 5.52. The van der Waals surface area contributed by atoms with Crippen LogP contribution in [0.15, 0.2) is 17.0 Å². The van der Waals surface area contributed by atoms with Gasteiger partial charge in [-0.05, 0) is 71.5 Å². The van der Waals surface area contributed by atoms with Gasteiger partial charge in [0.15, 0.2) is 6.29 Å². The molecule has 25 heavy (non-hydrogen) atoms. The molecule has 4 unspecified atom stereocenters. The molecule has 1 aliphatic heterocycles. The number of aromatic hydroxyl groups is 1. The molecule has 0 spiro atoms. The molecule has 2 nitrogen and oxygen atoms in total. The summed E-state index contributed by atoms with van der Waals surface area (Å²) in [6.45, 7) is 9.92. The number of hydrogen-bond acceptors (Lipinski definition) is 3. The van der Waals surface area contributed by atoms with Gasteiger partial charge in [-0.15, -0.1) is 11.8 Å². The van der Waals surface area contributed by atoms with Crippen molar-refractivity contribution >= 4 is 18.0 Å². The minimum Gasteiger partial charge on any atom is -0.507 e. The predicted octanol–water partition coefficient (Wildman–Crippen LogP) is 5.81. The fraction of sp³-hybridized carbons (Fsp3) is 0.682. The van der Waals surface area contributed by atoms with Crippen LogP contribution in [0.5, 0.6) is 5.75 Å². The molecule has 4 atom stereocenters. The quantitative estimate of drug-likeness (QED) is 0.644. The highest BCUT2D eigenvalue weighted by Crippen LogP contribution is 2.67. The highest BCUT2D eigenvalue weighted by atomic mass is 32.2. The van der Waals surface area contributed by atoms with Crippen LogP contribution in [0.1, 0.15) is 75.7 Å². The van der Waals surface area contributed by atoms with Crippen molar-refractivity contribution in [1.29, 1.82) is 0 Å². The van der Waals surface area contributed by atoms with Crippen molar-refractivity contribution in [2.45, 2.75) is 70.1 Å². The third-order valence-electron chi connectivity index (χ3n) is 8.07. The van der Waals surface area contributed by atoms with Crippen LogP contribution < -0.4 is 0 Å². The Morgan fingerprint density at radius 1 is 1.12 bits per heavy atom. The van der Waals surface area contributed by atoms with Gasteiger partial charge in [0.2, 0.25) is 0 Å². The van der Waals surface area contributed by atoms with Gasteiger partial charge in [0.25, 0.3) is 0 Å². The maximum absolute atomic E-state index is 11.4. The Hall–Kier alpha value is -0.960. The molecule has 0 amide bonds. The minimum atomic E-state index is 0.116. The van der Waals surface area contributed by atoms with E-state index in [-0.39, 0.29) is 11.2 Å². The molecule has 0 radical (unpaired) electrons. The standard InChI is InChI=1S/C22H30O2S/c1-20(2)7-5-8-22(4)18(20)6-9-21(3)15-10-14(12-23)16(24)11-17(15)25-13-19(21)22/h10-12,18-19,24H,5-9,13H2,1-4H3. The smallest absolute Gasteiger partial charge is 0.153 e. The van der Waals surface area contributed by atoms with Gasteiger partial charge in [-0.2, -0.15) is 0 Å². The molecule has 1 N–H and O–H groups in total. The molecule has 1 aromatic rings. The first-order chi connectivity index (χ1) is 11.7. The first-order valence-corrected chi connectivity index (χ1v) is 10.7. The molecule has 2 fully saturated rings. The van der Waals surface area contributed by atoms with E-state index in [1.54, 1.807) is 0 Å². The van der Waals surface area contributed by atoms with Crippen LogP contribution in [-0.2, 0) is 5.41 Å². The van der Waals surface area contributed by atoms with Gasteiger partial charge in [0, 0.05) is 10.6 Å². The second-order valence-corrected chi connectivity index (χ2v) is 10.8. The molecular weight excluding hydrogens is 328 g/mol. The topological polar surface area (TPSA) is 37.3 Å². The number of phenolic OH excluding ortho intramolecular Hbond substituents is 1. The van der Waals surface area contributed by atoms with Crippen LogP contribution in [0.25, 0.3) is 0 Å². The summed E-state index contributed by atoms with van der Waals surface area (Å²) in [5.74, 6) is 2.69. The fourth-order valence-electron chi connectivity index (χ4n) is 6.77. The molecule has 1 aromatic carbocycles. The summed E-state index contributed by atoms with van der Waals surface area (Å²) < 4.78 is 0. The van der Waals surface area contributed by atoms with Gasteiger partial charge in [-0.25, -0.2) is 0 Å². The maximum atomic E-state index is 11.4. The summed E-state index contributed by atoms with van der Waals surface area (Å²) in [5, 5.41) is 10.1. The van der Waals surface area contributed by atoms with Crippen LogP contribution in [0, 0.1) is 22.7 Å². The highest BCUT2D eigenvalue weighted by molar-refractivity contribution is 7.99. The lowest BCUT2D eigenvalue weighted by Gasteiger charge is -2.64. The molecule has 0 bridgehead atoms. The van der Waals surface area contributed by atoms with Crippen molar-refractivity contribution in [3.63, 3.8) is 0 Å². The number of rotatable bonds is 1. The van der Waals surface area contributed by atoms with Crippen molar-refractivity contribution in [2.75, 3.05) is 5.75 Å². The summed E-state index contributed by atoms with van der Waals surface area (Å²) >= 11 is 1.88. The van der Waals surface area contributed by atoms with E-state index in [4.69, 9.17) is 0 Å². The minimum absolute atomic E-state index is 0.116. The maximum Gasteiger partial charge on any atom is 0.153 e. The third-order valence-corrected chi connectivity index (χ3v) is 9.22. The molecule has 4 rings (SSSR count). The van der Waals surface area contributed by atoms with Crippen LogP contribution in [0.3, 0.4) is 0 Å². The summed E-state index contributed by atoms with van der Waals surface area (Å²) in [4.78, 5) is 12.6. The first-order valence-electron chi connectivity index (χ1n) is 9.68. The molecule has 3 aliphatic rings. The third kappa shape index (κ3) is 2.34. The lowest BCUT2D eigenvalue weighted by molar-refractivity contribution is -0.0973. The Bertz CT molecular complexity index is 725. The van der Waals surface area contributed by atoms with Crippen LogP contribution in [0.2, 0.25) is 0 Å². The van der Waals surface area contributed by atoms with E-state index in [0.717, 1.165) is 18.0 Å². The molecule has 136 valence electrons. The number of phenols is 1. The zero-order chi connectivity index (χ0) is 18.0. The highest BCUT2D eigenvalue weighted by Gasteiger charge is 2.59. The van der Waals surface area contributed by atoms with Crippen molar-refractivity contribution in [2.24, 2.45) is 22.7 Å². The van der Waals surface area contributed by atoms with Crippen LogP contribution in [0.4, 0.5) is 0 Å². The Morgan fingerprint density at radius 3 is 2.60 bits per heavy atom. The Labute approximate surface area is 155 Å². The molecule has 0 aromatic heterocycles. The molecular formula is C22H30O2S. The van der Waals surface area contributed by atoms with E-state index in [2.05, 4.69) is 27.7 Å². The Balaban J connectivity index is 1.83. The van der Waals surface area contributed by atoms with Gasteiger partial charge < -0.3 is 5.11 Å². The monoisotopic (exact) mass is 358 g/mol. The van der Waals surface area contributed by atoms with Crippen molar-refractivity contribution < 1.29 is 9.90 Å². The summed E-state index contributed by atoms with van der Waals surface area (Å²) in [6.07, 6.45) is 7.28. The molecule has 2 aliphatic carbocycles. The molecule has 0 saturated heterocycles. The van der Waals surface area contributed by atoms with Crippen molar-refractivity contribution in [3.8, 4) is 5.75 Å². The average molecular weight is 359 g/mol. The number of fused-ring (bicyclic) bond motifs is 5. The number of carbonyl (C=O) groups is 1. The summed E-state index contributed by atoms with van der Waals surface area (Å²) in [6, 6.07) is 3.80. The van der Waals surface area contributed by atoms with Gasteiger partial charge in [0.1, 0.15) is 5.75 Å². The number of hydrogen-bond donors (Lipinski definition) is 1. The SMILES string of the molecule is CC1(C)CCCC2(C)C1CCC1(C)c3cc(C=O)c(O)cc3SCC12. The van der Waals surface area contributed by atoms with Gasteiger partial charge in [0.05, 0.1) is 5.56 Å². The first kappa shape index (κ1) is 17.5. The van der Waals surface area contributed by atoms with Crippen LogP contribution >= 0.6 is 11.8 Å². The van der Waals surface area contributed by atoms with E-state index in [1.165, 1.54) is 42.6 Å².